The van der Waals surface area contributed by atoms with Crippen LogP contribution in [-0.2, 0) is 20.7 Å². The summed E-state index contributed by atoms with van der Waals surface area (Å²) in [5.74, 6) is -0.139. The van der Waals surface area contributed by atoms with E-state index < -0.39 is 12.1 Å². The van der Waals surface area contributed by atoms with E-state index in [1.165, 1.54) is 13.8 Å². The molecule has 1 unspecified atom stereocenters. The van der Waals surface area contributed by atoms with Gasteiger partial charge in [-0.2, -0.15) is 0 Å². The molecule has 0 saturated carbocycles. The zero-order valence-electron chi connectivity index (χ0n) is 14.5. The molecule has 0 bridgehead atoms. The van der Waals surface area contributed by atoms with Crippen LogP contribution in [0.25, 0.3) is 0 Å². The minimum atomic E-state index is -0.829. The second kappa shape index (κ2) is 7.39. The summed E-state index contributed by atoms with van der Waals surface area (Å²) in [6.45, 7) is 2.92. The fourth-order valence-corrected chi connectivity index (χ4v) is 2.56. The highest BCUT2D eigenvalue weighted by atomic mass is 16.7. The van der Waals surface area contributed by atoms with Gasteiger partial charge < -0.3 is 14.2 Å². The molecule has 2 aromatic rings. The molecule has 26 heavy (non-hydrogen) atoms. The van der Waals surface area contributed by atoms with Crippen molar-refractivity contribution in [2.45, 2.75) is 26.4 Å². The predicted octanol–water partition coefficient (Wildman–Crippen LogP) is 2.71. The van der Waals surface area contributed by atoms with Gasteiger partial charge in [0.2, 0.25) is 6.79 Å². The van der Waals surface area contributed by atoms with Crippen molar-refractivity contribution in [3.05, 3.63) is 59.2 Å². The van der Waals surface area contributed by atoms with Gasteiger partial charge in [-0.25, -0.2) is 0 Å². The normalized spacial score (nSPS) is 13.2. The Morgan fingerprint density at radius 2 is 1.73 bits per heavy atom. The third kappa shape index (κ3) is 3.74. The lowest BCUT2D eigenvalue weighted by Gasteiger charge is -2.13. The van der Waals surface area contributed by atoms with Crippen molar-refractivity contribution in [2.75, 3.05) is 6.79 Å². The molecule has 0 spiro atoms. The van der Waals surface area contributed by atoms with E-state index in [-0.39, 0.29) is 24.8 Å². The lowest BCUT2D eigenvalue weighted by atomic mass is 9.96. The van der Waals surface area contributed by atoms with E-state index in [4.69, 9.17) is 14.2 Å². The number of hydrogen-bond acceptors (Lipinski definition) is 6. The van der Waals surface area contributed by atoms with Gasteiger partial charge in [0.1, 0.15) is 0 Å². The summed E-state index contributed by atoms with van der Waals surface area (Å²) in [5, 5.41) is 0. The highest BCUT2D eigenvalue weighted by Crippen LogP contribution is 2.36. The van der Waals surface area contributed by atoms with Crippen molar-refractivity contribution >= 4 is 17.5 Å². The van der Waals surface area contributed by atoms with Gasteiger partial charge in [0.05, 0.1) is 6.42 Å². The van der Waals surface area contributed by atoms with Gasteiger partial charge in [0.15, 0.2) is 29.2 Å². The molecular formula is C20H18O6. The Bertz CT molecular complexity index is 856. The van der Waals surface area contributed by atoms with Crippen LogP contribution in [0.3, 0.4) is 0 Å². The van der Waals surface area contributed by atoms with Gasteiger partial charge in [-0.05, 0) is 31.5 Å². The highest BCUT2D eigenvalue weighted by Gasteiger charge is 2.24. The molecule has 0 N–H and O–H groups in total. The van der Waals surface area contributed by atoms with Gasteiger partial charge in [-0.15, -0.1) is 0 Å². The summed E-state index contributed by atoms with van der Waals surface area (Å²) in [4.78, 5) is 36.3. The van der Waals surface area contributed by atoms with E-state index in [0.29, 0.717) is 28.2 Å². The first-order valence-electron chi connectivity index (χ1n) is 8.18. The second-order valence-electron chi connectivity index (χ2n) is 5.98. The maximum atomic E-state index is 12.9. The maximum Gasteiger partial charge on any atom is 0.310 e. The van der Waals surface area contributed by atoms with Crippen LogP contribution in [-0.4, -0.2) is 30.4 Å². The summed E-state index contributed by atoms with van der Waals surface area (Å²) < 4.78 is 15.8. The third-order valence-electron chi connectivity index (χ3n) is 4.09. The van der Waals surface area contributed by atoms with Crippen molar-refractivity contribution in [1.82, 2.24) is 0 Å². The summed E-state index contributed by atoms with van der Waals surface area (Å²) in [5.41, 5.74) is 1.30. The molecule has 0 saturated heterocycles. The highest BCUT2D eigenvalue weighted by molar-refractivity contribution is 6.10. The molecule has 3 rings (SSSR count). The number of rotatable bonds is 6. The van der Waals surface area contributed by atoms with Crippen LogP contribution in [0.15, 0.2) is 42.5 Å². The first-order valence-corrected chi connectivity index (χ1v) is 8.18. The summed E-state index contributed by atoms with van der Waals surface area (Å²) >= 11 is 0. The standard InChI is InChI=1S/C20H18O6/c1-12(21)13(2)26-19(22)9-15-8-17-18(25-11-24-17)10-16(15)20(23)14-6-4-3-5-7-14/h3-8,10,13H,9,11H2,1-2H3. The van der Waals surface area contributed by atoms with E-state index in [2.05, 4.69) is 0 Å². The number of esters is 1. The fourth-order valence-electron chi connectivity index (χ4n) is 2.56. The zero-order chi connectivity index (χ0) is 18.7. The molecule has 1 atom stereocenters. The SMILES string of the molecule is CC(=O)C(C)OC(=O)Cc1cc2c(cc1C(=O)c1ccccc1)OCO2. The molecule has 2 aromatic carbocycles. The van der Waals surface area contributed by atoms with Gasteiger partial charge in [-0.1, -0.05) is 30.3 Å². The number of carbonyl (C=O) groups is 3. The van der Waals surface area contributed by atoms with Crippen LogP contribution in [0.2, 0.25) is 0 Å². The number of ketones is 2. The fraction of sp³-hybridized carbons (Fsp3) is 0.250. The number of fused-ring (bicyclic) bond motifs is 1. The minimum absolute atomic E-state index is 0.0591. The first kappa shape index (κ1) is 17.7. The van der Waals surface area contributed by atoms with Gasteiger partial charge >= 0.3 is 5.97 Å². The van der Waals surface area contributed by atoms with E-state index >= 15 is 0 Å². The average molecular weight is 354 g/mol. The molecule has 6 heteroatoms. The Morgan fingerprint density at radius 3 is 2.38 bits per heavy atom. The molecule has 0 amide bonds. The van der Waals surface area contributed by atoms with Crippen molar-refractivity contribution in [3.63, 3.8) is 0 Å². The molecule has 0 fully saturated rings. The molecule has 0 aliphatic carbocycles. The second-order valence-corrected chi connectivity index (χ2v) is 5.98. The molecule has 1 aliphatic rings. The van der Waals surface area contributed by atoms with Crippen LogP contribution in [0, 0.1) is 0 Å². The Morgan fingerprint density at radius 1 is 1.08 bits per heavy atom. The van der Waals surface area contributed by atoms with Crippen LogP contribution in [0.4, 0.5) is 0 Å². The van der Waals surface area contributed by atoms with E-state index in [1.54, 1.807) is 36.4 Å². The van der Waals surface area contributed by atoms with E-state index in [0.717, 1.165) is 0 Å². The third-order valence-corrected chi connectivity index (χ3v) is 4.09. The first-order chi connectivity index (χ1) is 12.5. The quantitative estimate of drug-likeness (QED) is 0.586. The van der Waals surface area contributed by atoms with Crippen molar-refractivity contribution in [3.8, 4) is 11.5 Å². The number of benzene rings is 2. The lowest BCUT2D eigenvalue weighted by molar-refractivity contribution is -0.152. The number of carbonyl (C=O) groups excluding carboxylic acids is 3. The zero-order valence-corrected chi connectivity index (χ0v) is 14.5. The largest absolute Gasteiger partial charge is 0.454 e. The molecule has 1 heterocycles. The van der Waals surface area contributed by atoms with Crippen molar-refractivity contribution in [1.29, 1.82) is 0 Å². The van der Waals surface area contributed by atoms with Gasteiger partial charge in [0.25, 0.3) is 0 Å². The summed E-state index contributed by atoms with van der Waals surface area (Å²) in [7, 11) is 0. The smallest absolute Gasteiger partial charge is 0.310 e. The Hall–Kier alpha value is -3.15. The minimum Gasteiger partial charge on any atom is -0.454 e. The van der Waals surface area contributed by atoms with Crippen LogP contribution in [0.5, 0.6) is 11.5 Å². The van der Waals surface area contributed by atoms with Crippen molar-refractivity contribution in [2.24, 2.45) is 0 Å². The Kier molecular flexibility index (Phi) is 5.02. The number of Topliss-reactive ketones (excluding diaryl/α,β-unsaturated/α-hetero) is 1. The van der Waals surface area contributed by atoms with Crippen LogP contribution < -0.4 is 9.47 Å². The predicted molar refractivity (Wildman–Crippen MR) is 92.4 cm³/mol. The van der Waals surface area contributed by atoms with Crippen LogP contribution >= 0.6 is 0 Å². The monoisotopic (exact) mass is 354 g/mol. The van der Waals surface area contributed by atoms with Gasteiger partial charge in [-0.3, -0.25) is 14.4 Å². The van der Waals surface area contributed by atoms with Crippen molar-refractivity contribution < 1.29 is 28.6 Å². The Balaban J connectivity index is 1.92. The summed E-state index contributed by atoms with van der Waals surface area (Å²) in [6, 6.07) is 11.9. The average Bonchev–Trinajstić information content (AvgIpc) is 3.08. The maximum absolute atomic E-state index is 12.9. The lowest BCUT2D eigenvalue weighted by Crippen LogP contribution is -2.23. The summed E-state index contributed by atoms with van der Waals surface area (Å²) in [6.07, 6.45) is -0.980. The van der Waals surface area contributed by atoms with E-state index in [1.807, 2.05) is 6.07 Å². The topological polar surface area (TPSA) is 78.9 Å². The molecule has 0 aromatic heterocycles. The molecular weight excluding hydrogens is 336 g/mol. The number of ether oxygens (including phenoxy) is 3. The van der Waals surface area contributed by atoms with Crippen LogP contribution in [0.1, 0.15) is 35.3 Å². The molecule has 1 aliphatic heterocycles. The molecule has 0 radical (unpaired) electrons. The molecule has 134 valence electrons. The molecule has 6 nitrogen and oxygen atoms in total. The Labute approximate surface area is 150 Å². The van der Waals surface area contributed by atoms with Gasteiger partial charge in [0, 0.05) is 11.1 Å². The number of hydrogen-bond donors (Lipinski definition) is 0. The van der Waals surface area contributed by atoms with E-state index in [9.17, 15) is 14.4 Å².